The van der Waals surface area contributed by atoms with Gasteiger partial charge in [-0.05, 0) is 29.8 Å². The number of rotatable bonds is 3. The minimum absolute atomic E-state index is 0.717. The van der Waals surface area contributed by atoms with E-state index < -0.39 is 0 Å². The maximum atomic E-state index is 4.55. The fraction of sp³-hybridized carbons (Fsp3) is 0. The Morgan fingerprint density at radius 3 is 2.68 bits per heavy atom. The molecule has 0 aliphatic heterocycles. The van der Waals surface area contributed by atoms with Crippen LogP contribution in [0.5, 0.6) is 0 Å². The van der Waals surface area contributed by atoms with Crippen molar-refractivity contribution >= 4 is 28.4 Å². The van der Waals surface area contributed by atoms with Gasteiger partial charge in [-0.25, -0.2) is 0 Å². The second kappa shape index (κ2) is 5.45. The molecule has 0 aromatic carbocycles. The van der Waals surface area contributed by atoms with E-state index in [1.165, 1.54) is 11.3 Å². The van der Waals surface area contributed by atoms with Crippen molar-refractivity contribution in [2.24, 2.45) is 0 Å². The monoisotopic (exact) mass is 306 g/mol. The Balaban J connectivity index is 1.70. The third-order valence-electron chi connectivity index (χ3n) is 3.05. The van der Waals surface area contributed by atoms with Crippen LogP contribution >= 0.6 is 11.3 Å². The molecular formula is C15H10N6S. The van der Waals surface area contributed by atoms with Gasteiger partial charge in [-0.2, -0.15) is 9.61 Å². The molecule has 0 saturated heterocycles. The molecule has 0 saturated carbocycles. The maximum Gasteiger partial charge on any atom is 0.235 e. The van der Waals surface area contributed by atoms with Gasteiger partial charge in [-0.3, -0.25) is 9.97 Å². The first kappa shape index (κ1) is 12.8. The lowest BCUT2D eigenvalue weighted by molar-refractivity contribution is 0.959. The largest absolute Gasteiger partial charge is 0.265 e. The van der Waals surface area contributed by atoms with Gasteiger partial charge in [0.1, 0.15) is 5.01 Å². The minimum Gasteiger partial charge on any atom is -0.265 e. The number of hydrogen-bond acceptors (Lipinski definition) is 6. The summed E-state index contributed by atoms with van der Waals surface area (Å²) in [7, 11) is 0. The highest BCUT2D eigenvalue weighted by molar-refractivity contribution is 7.17. The molecule has 0 unspecified atom stereocenters. The van der Waals surface area contributed by atoms with Gasteiger partial charge in [0, 0.05) is 30.4 Å². The third kappa shape index (κ3) is 2.38. The molecule has 0 aliphatic carbocycles. The Kier molecular flexibility index (Phi) is 3.17. The quantitative estimate of drug-likeness (QED) is 0.582. The van der Waals surface area contributed by atoms with Crippen molar-refractivity contribution in [2.45, 2.75) is 0 Å². The van der Waals surface area contributed by atoms with Crippen molar-refractivity contribution < 1.29 is 0 Å². The molecule has 0 fully saturated rings. The van der Waals surface area contributed by atoms with Gasteiger partial charge < -0.3 is 0 Å². The number of pyridine rings is 2. The van der Waals surface area contributed by atoms with Gasteiger partial charge in [0.05, 0.1) is 0 Å². The van der Waals surface area contributed by atoms with Gasteiger partial charge in [0.25, 0.3) is 0 Å². The molecule has 0 bridgehead atoms. The van der Waals surface area contributed by atoms with E-state index in [1.807, 2.05) is 36.4 Å². The molecule has 4 aromatic heterocycles. The van der Waals surface area contributed by atoms with E-state index >= 15 is 0 Å². The highest BCUT2D eigenvalue weighted by Crippen LogP contribution is 2.22. The predicted octanol–water partition coefficient (Wildman–Crippen LogP) is 2.81. The Morgan fingerprint density at radius 1 is 0.955 bits per heavy atom. The molecule has 0 N–H and O–H groups in total. The van der Waals surface area contributed by atoms with E-state index in [9.17, 15) is 0 Å². The van der Waals surface area contributed by atoms with Crippen LogP contribution in [0.25, 0.3) is 28.5 Å². The van der Waals surface area contributed by atoms with Gasteiger partial charge in [0.15, 0.2) is 5.82 Å². The van der Waals surface area contributed by atoms with Crippen LogP contribution < -0.4 is 0 Å². The lowest BCUT2D eigenvalue weighted by Gasteiger charge is -1.94. The fourth-order valence-electron chi connectivity index (χ4n) is 2.02. The first-order valence-corrected chi connectivity index (χ1v) is 7.42. The first-order valence-electron chi connectivity index (χ1n) is 6.61. The summed E-state index contributed by atoms with van der Waals surface area (Å²) in [6, 6.07) is 7.67. The van der Waals surface area contributed by atoms with Crippen molar-refractivity contribution in [3.05, 3.63) is 59.6 Å². The second-order valence-electron chi connectivity index (χ2n) is 4.51. The average Bonchev–Trinajstić information content (AvgIpc) is 3.15. The van der Waals surface area contributed by atoms with E-state index in [4.69, 9.17) is 0 Å². The summed E-state index contributed by atoms with van der Waals surface area (Å²) in [5, 5.41) is 13.8. The van der Waals surface area contributed by atoms with E-state index in [0.717, 1.165) is 26.9 Å². The summed E-state index contributed by atoms with van der Waals surface area (Å²) < 4.78 is 1.75. The average molecular weight is 306 g/mol. The molecule has 6 nitrogen and oxygen atoms in total. The molecule has 7 heteroatoms. The Morgan fingerprint density at radius 2 is 1.86 bits per heavy atom. The van der Waals surface area contributed by atoms with Crippen LogP contribution in [0.1, 0.15) is 10.6 Å². The molecule has 4 aromatic rings. The lowest BCUT2D eigenvalue weighted by atomic mass is 10.2. The van der Waals surface area contributed by atoms with Crippen LogP contribution in [-0.2, 0) is 0 Å². The number of hydrogen-bond donors (Lipinski definition) is 0. The zero-order valence-corrected chi connectivity index (χ0v) is 12.2. The van der Waals surface area contributed by atoms with Crippen LogP contribution in [-0.4, -0.2) is 29.8 Å². The number of nitrogens with zero attached hydrogens (tertiary/aromatic N) is 6. The van der Waals surface area contributed by atoms with Crippen molar-refractivity contribution in [3.8, 4) is 11.4 Å². The van der Waals surface area contributed by atoms with Crippen LogP contribution in [0.4, 0.5) is 0 Å². The van der Waals surface area contributed by atoms with E-state index in [1.54, 1.807) is 29.3 Å². The van der Waals surface area contributed by atoms with Crippen molar-refractivity contribution in [2.75, 3.05) is 0 Å². The molecule has 4 rings (SSSR count). The zero-order chi connectivity index (χ0) is 14.8. The standard InChI is InChI=1S/C15H10N6S/c1-2-11(10-17-7-1)3-4-13-20-21-14(18-19-15(21)22-13)12-5-8-16-9-6-12/h1-10H/b4-3+. The molecule has 0 spiro atoms. The molecule has 0 radical (unpaired) electrons. The van der Waals surface area contributed by atoms with Gasteiger partial charge in [-0.15, -0.1) is 10.2 Å². The first-order chi connectivity index (χ1) is 10.9. The fourth-order valence-corrected chi connectivity index (χ4v) is 2.76. The topological polar surface area (TPSA) is 68.9 Å². The smallest absolute Gasteiger partial charge is 0.235 e. The van der Waals surface area contributed by atoms with Gasteiger partial charge in [-0.1, -0.05) is 23.5 Å². The summed E-state index contributed by atoms with van der Waals surface area (Å²) in [6.45, 7) is 0. The highest BCUT2D eigenvalue weighted by Gasteiger charge is 2.11. The van der Waals surface area contributed by atoms with Crippen molar-refractivity contribution in [1.82, 2.24) is 29.8 Å². The summed E-state index contributed by atoms with van der Waals surface area (Å²) in [5.74, 6) is 0.717. The van der Waals surface area contributed by atoms with E-state index in [0.29, 0.717) is 0 Å². The summed E-state index contributed by atoms with van der Waals surface area (Å²) >= 11 is 1.49. The number of aromatic nitrogens is 6. The molecule has 22 heavy (non-hydrogen) atoms. The zero-order valence-electron chi connectivity index (χ0n) is 11.4. The van der Waals surface area contributed by atoms with Crippen LogP contribution in [0.15, 0.2) is 49.1 Å². The molecule has 0 atom stereocenters. The van der Waals surface area contributed by atoms with Gasteiger partial charge >= 0.3 is 0 Å². The maximum absolute atomic E-state index is 4.55. The Bertz CT molecular complexity index is 927. The Hall–Kier alpha value is -2.93. The SMILES string of the molecule is C(=C\c1nn2c(-c3ccncc3)nnc2s1)/c1cccnc1. The second-order valence-corrected chi connectivity index (χ2v) is 5.50. The normalized spacial score (nSPS) is 11.5. The van der Waals surface area contributed by atoms with Crippen molar-refractivity contribution in [1.29, 1.82) is 0 Å². The van der Waals surface area contributed by atoms with Crippen LogP contribution in [0.2, 0.25) is 0 Å². The van der Waals surface area contributed by atoms with Crippen LogP contribution in [0.3, 0.4) is 0 Å². The molecule has 106 valence electrons. The number of fused-ring (bicyclic) bond motifs is 1. The lowest BCUT2D eigenvalue weighted by Crippen LogP contribution is -1.90. The van der Waals surface area contributed by atoms with Crippen LogP contribution in [0, 0.1) is 0 Å². The summed E-state index contributed by atoms with van der Waals surface area (Å²) in [5.41, 5.74) is 1.97. The minimum atomic E-state index is 0.717. The molecule has 0 aliphatic rings. The molecule has 4 heterocycles. The van der Waals surface area contributed by atoms with E-state index in [2.05, 4.69) is 25.3 Å². The van der Waals surface area contributed by atoms with Gasteiger partial charge in [0.2, 0.25) is 4.96 Å². The molecule has 0 amide bonds. The summed E-state index contributed by atoms with van der Waals surface area (Å²) in [4.78, 5) is 8.85. The van der Waals surface area contributed by atoms with Crippen molar-refractivity contribution in [3.63, 3.8) is 0 Å². The highest BCUT2D eigenvalue weighted by atomic mass is 32.1. The predicted molar refractivity (Wildman–Crippen MR) is 85.1 cm³/mol. The third-order valence-corrected chi connectivity index (χ3v) is 3.91. The molecular weight excluding hydrogens is 296 g/mol. The Labute approximate surface area is 129 Å². The van der Waals surface area contributed by atoms with E-state index in [-0.39, 0.29) is 0 Å². The summed E-state index contributed by atoms with van der Waals surface area (Å²) in [6.07, 6.45) is 10.9.